The summed E-state index contributed by atoms with van der Waals surface area (Å²) in [7, 11) is 0.967. The van der Waals surface area contributed by atoms with E-state index in [-0.39, 0.29) is 11.8 Å². The van der Waals surface area contributed by atoms with Crippen LogP contribution in [-0.2, 0) is 22.8 Å². The number of carbonyl (C=O) groups is 1. The second kappa shape index (κ2) is 9.89. The van der Waals surface area contributed by atoms with Gasteiger partial charge in [-0.25, -0.2) is 4.98 Å². The van der Waals surface area contributed by atoms with Crippen molar-refractivity contribution in [2.45, 2.75) is 52.8 Å². The number of amides is 1. The van der Waals surface area contributed by atoms with Gasteiger partial charge in [-0.15, -0.1) is 0 Å². The molecule has 2 rings (SSSR count). The molecule has 0 saturated carbocycles. The molecule has 0 radical (unpaired) electrons. The summed E-state index contributed by atoms with van der Waals surface area (Å²) in [5.74, 6) is -0.0222. The Morgan fingerprint density at radius 2 is 2.07 bits per heavy atom. The summed E-state index contributed by atoms with van der Waals surface area (Å²) < 4.78 is 7.75. The van der Waals surface area contributed by atoms with Crippen LogP contribution in [0.25, 0.3) is 0 Å². The maximum Gasteiger partial charge on any atom is 0.226 e. The highest BCUT2D eigenvalue weighted by molar-refractivity contribution is 6.76. The molecule has 7 heteroatoms. The maximum atomic E-state index is 11.9. The number of hydrogen-bond donors (Lipinski definition) is 1. The standard InChI is InChI=1S/C21H34N4O2Si/c1-17(2)21(26)23-18-8-7-9-20(12-18)24(3)13-19-14-25(15-22-19)16-27-10-11-28(4,5)6/h7-9,12,14-15,17H,10-11,13,16H2,1-6H3,(H,23,26). The van der Waals surface area contributed by atoms with Gasteiger partial charge in [0.05, 0.1) is 18.6 Å². The van der Waals surface area contributed by atoms with E-state index in [0.29, 0.717) is 13.3 Å². The normalized spacial score (nSPS) is 11.7. The van der Waals surface area contributed by atoms with Crippen LogP contribution >= 0.6 is 0 Å². The number of anilines is 2. The Balaban J connectivity index is 1.88. The zero-order valence-electron chi connectivity index (χ0n) is 18.0. The van der Waals surface area contributed by atoms with Crippen molar-refractivity contribution in [2.24, 2.45) is 5.92 Å². The zero-order valence-corrected chi connectivity index (χ0v) is 19.0. The van der Waals surface area contributed by atoms with Crippen molar-refractivity contribution in [3.8, 4) is 0 Å². The third-order valence-electron chi connectivity index (χ3n) is 4.40. The lowest BCUT2D eigenvalue weighted by molar-refractivity contribution is -0.118. The highest BCUT2D eigenvalue weighted by Gasteiger charge is 2.12. The summed E-state index contributed by atoms with van der Waals surface area (Å²) in [4.78, 5) is 18.5. The van der Waals surface area contributed by atoms with Gasteiger partial charge < -0.3 is 19.5 Å². The molecular formula is C21H34N4O2Si. The maximum absolute atomic E-state index is 11.9. The van der Waals surface area contributed by atoms with Gasteiger partial charge in [-0.3, -0.25) is 4.79 Å². The van der Waals surface area contributed by atoms with E-state index >= 15 is 0 Å². The lowest BCUT2D eigenvalue weighted by Crippen LogP contribution is -2.21. The smallest absolute Gasteiger partial charge is 0.226 e. The molecular weight excluding hydrogens is 368 g/mol. The molecule has 0 aliphatic carbocycles. The molecule has 6 nitrogen and oxygen atoms in total. The van der Waals surface area contributed by atoms with Crippen LogP contribution in [0.15, 0.2) is 36.8 Å². The molecule has 0 spiro atoms. The minimum absolute atomic E-state index is 0.0210. The van der Waals surface area contributed by atoms with E-state index in [9.17, 15) is 4.79 Å². The van der Waals surface area contributed by atoms with Crippen molar-refractivity contribution in [3.63, 3.8) is 0 Å². The number of hydrogen-bond acceptors (Lipinski definition) is 4. The summed E-state index contributed by atoms with van der Waals surface area (Å²) in [5, 5.41) is 2.94. The predicted octanol–water partition coefficient (Wildman–Crippen LogP) is 4.43. The van der Waals surface area contributed by atoms with Crippen LogP contribution in [0.2, 0.25) is 25.7 Å². The van der Waals surface area contributed by atoms with Gasteiger partial charge in [0.15, 0.2) is 0 Å². The van der Waals surface area contributed by atoms with Gasteiger partial charge in [0.25, 0.3) is 0 Å². The third kappa shape index (κ3) is 7.48. The molecule has 0 bridgehead atoms. The van der Waals surface area contributed by atoms with Gasteiger partial charge in [-0.1, -0.05) is 39.6 Å². The van der Waals surface area contributed by atoms with Crippen LogP contribution < -0.4 is 10.2 Å². The average Bonchev–Trinajstić information content (AvgIpc) is 3.05. The highest BCUT2D eigenvalue weighted by Crippen LogP contribution is 2.20. The number of nitrogens with zero attached hydrogens (tertiary/aromatic N) is 3. The van der Waals surface area contributed by atoms with Crippen LogP contribution in [0.4, 0.5) is 11.4 Å². The van der Waals surface area contributed by atoms with Gasteiger partial charge in [0, 0.05) is 45.2 Å². The van der Waals surface area contributed by atoms with Gasteiger partial charge in [0.2, 0.25) is 5.91 Å². The van der Waals surface area contributed by atoms with Crippen molar-refractivity contribution in [2.75, 3.05) is 23.9 Å². The van der Waals surface area contributed by atoms with Gasteiger partial charge in [0.1, 0.15) is 6.73 Å². The Hall–Kier alpha value is -2.12. The molecule has 0 aliphatic rings. The van der Waals surface area contributed by atoms with Crippen LogP contribution in [0.3, 0.4) is 0 Å². The van der Waals surface area contributed by atoms with Crippen molar-refractivity contribution in [3.05, 3.63) is 42.5 Å². The van der Waals surface area contributed by atoms with Crippen LogP contribution in [0.5, 0.6) is 0 Å². The molecule has 0 aliphatic heterocycles. The fraction of sp³-hybridized carbons (Fsp3) is 0.524. The van der Waals surface area contributed by atoms with Crippen LogP contribution in [0, 0.1) is 5.92 Å². The van der Waals surface area contributed by atoms with Crippen LogP contribution in [0.1, 0.15) is 19.5 Å². The molecule has 28 heavy (non-hydrogen) atoms. The molecule has 1 amide bonds. The van der Waals surface area contributed by atoms with E-state index in [1.807, 2.05) is 62.3 Å². The molecule has 2 aromatic rings. The second-order valence-electron chi connectivity index (χ2n) is 8.78. The molecule has 0 saturated heterocycles. The number of aromatic nitrogens is 2. The molecule has 0 fully saturated rings. The minimum atomic E-state index is -1.05. The monoisotopic (exact) mass is 402 g/mol. The molecule has 1 heterocycles. The third-order valence-corrected chi connectivity index (χ3v) is 6.11. The number of benzene rings is 1. The van der Waals surface area contributed by atoms with E-state index in [1.54, 1.807) is 0 Å². The fourth-order valence-electron chi connectivity index (χ4n) is 2.55. The average molecular weight is 403 g/mol. The van der Waals surface area contributed by atoms with Crippen LogP contribution in [-0.4, -0.2) is 37.2 Å². The van der Waals surface area contributed by atoms with Gasteiger partial charge in [-0.05, 0) is 24.2 Å². The highest BCUT2D eigenvalue weighted by atomic mass is 28.3. The molecule has 1 N–H and O–H groups in total. The summed E-state index contributed by atoms with van der Waals surface area (Å²) in [6.07, 6.45) is 3.84. The molecule has 1 aromatic heterocycles. The Labute approximate surface area is 169 Å². The molecule has 1 aromatic carbocycles. The molecule has 0 atom stereocenters. The SMILES string of the molecule is CC(C)C(=O)Nc1cccc(N(C)Cc2cn(COCC[Si](C)(C)C)cn2)c1. The topological polar surface area (TPSA) is 59.4 Å². The van der Waals surface area contributed by atoms with Gasteiger partial charge in [-0.2, -0.15) is 0 Å². The number of ether oxygens (including phenoxy) is 1. The van der Waals surface area contributed by atoms with Gasteiger partial charge >= 0.3 is 0 Å². The Morgan fingerprint density at radius 1 is 1.32 bits per heavy atom. The predicted molar refractivity (Wildman–Crippen MR) is 118 cm³/mol. The zero-order chi connectivity index (χ0) is 20.7. The number of carbonyl (C=O) groups excluding carboxylic acids is 1. The summed E-state index contributed by atoms with van der Waals surface area (Å²) >= 11 is 0. The first-order chi connectivity index (χ1) is 13.1. The minimum Gasteiger partial charge on any atom is -0.369 e. The first-order valence-corrected chi connectivity index (χ1v) is 13.6. The number of nitrogens with one attached hydrogen (secondary N) is 1. The van der Waals surface area contributed by atoms with E-state index in [0.717, 1.165) is 23.7 Å². The van der Waals surface area contributed by atoms with Crippen molar-refractivity contribution < 1.29 is 9.53 Å². The molecule has 154 valence electrons. The quantitative estimate of drug-likeness (QED) is 0.472. The largest absolute Gasteiger partial charge is 0.369 e. The van der Waals surface area contributed by atoms with Crippen molar-refractivity contribution in [1.29, 1.82) is 0 Å². The van der Waals surface area contributed by atoms with E-state index < -0.39 is 8.07 Å². The van der Waals surface area contributed by atoms with E-state index in [2.05, 4.69) is 34.8 Å². The van der Waals surface area contributed by atoms with E-state index in [1.165, 1.54) is 6.04 Å². The Morgan fingerprint density at radius 3 is 2.75 bits per heavy atom. The van der Waals surface area contributed by atoms with Crippen molar-refractivity contribution >= 4 is 25.4 Å². The summed E-state index contributed by atoms with van der Waals surface area (Å²) in [6.45, 7) is 12.9. The van der Waals surface area contributed by atoms with E-state index in [4.69, 9.17) is 4.74 Å². The lowest BCUT2D eigenvalue weighted by atomic mass is 10.2. The number of imidazole rings is 1. The second-order valence-corrected chi connectivity index (χ2v) is 14.4. The summed E-state index contributed by atoms with van der Waals surface area (Å²) in [5.41, 5.74) is 2.82. The fourth-order valence-corrected chi connectivity index (χ4v) is 3.31. The Kier molecular flexibility index (Phi) is 7.83. The number of rotatable bonds is 10. The Bertz CT molecular complexity index is 768. The first-order valence-electron chi connectivity index (χ1n) is 9.84. The summed E-state index contributed by atoms with van der Waals surface area (Å²) in [6, 6.07) is 9.04. The lowest BCUT2D eigenvalue weighted by Gasteiger charge is -2.19. The first kappa shape index (κ1) is 22.2. The van der Waals surface area contributed by atoms with Crippen molar-refractivity contribution in [1.82, 2.24) is 9.55 Å². The molecule has 0 unspecified atom stereocenters.